The minimum atomic E-state index is -1.04. The van der Waals surface area contributed by atoms with Crippen molar-refractivity contribution in [3.63, 3.8) is 0 Å². The highest BCUT2D eigenvalue weighted by atomic mass is 16.7. The zero-order valence-electron chi connectivity index (χ0n) is 32.2. The number of benzene rings is 5. The molecule has 0 amide bonds. The molecule has 1 aliphatic carbocycles. The fourth-order valence-electron chi connectivity index (χ4n) is 6.91. The molecule has 0 aromatic heterocycles. The highest BCUT2D eigenvalue weighted by Gasteiger charge is 2.36. The fourth-order valence-corrected chi connectivity index (χ4v) is 6.91. The Bertz CT molecular complexity index is 2220. The van der Waals surface area contributed by atoms with Gasteiger partial charge < -0.3 is 37.9 Å². The third-order valence-corrected chi connectivity index (χ3v) is 9.44. The van der Waals surface area contributed by atoms with Gasteiger partial charge in [0.15, 0.2) is 0 Å². The number of methoxy groups -OCH3 is 1. The van der Waals surface area contributed by atoms with Crippen molar-refractivity contribution in [1.29, 1.82) is 0 Å². The van der Waals surface area contributed by atoms with E-state index in [9.17, 15) is 19.2 Å². The summed E-state index contributed by atoms with van der Waals surface area (Å²) in [6.07, 6.45) is 3.07. The fraction of sp³-hybridized carbons (Fsp3) is 0.244. The summed E-state index contributed by atoms with van der Waals surface area (Å²) in [4.78, 5) is 48.5. The zero-order chi connectivity index (χ0) is 40.5. The third kappa shape index (κ3) is 10.3. The number of esters is 2. The molecule has 57 heavy (non-hydrogen) atoms. The Hall–Kier alpha value is -6.82. The van der Waals surface area contributed by atoms with Gasteiger partial charge in [0.2, 0.25) is 0 Å². The molecule has 5 aromatic carbocycles. The predicted octanol–water partition coefficient (Wildman–Crippen LogP) is 10.4. The quantitative estimate of drug-likeness (QED) is 0.0716. The van der Waals surface area contributed by atoms with Crippen LogP contribution in [0.15, 0.2) is 103 Å². The van der Waals surface area contributed by atoms with Crippen molar-refractivity contribution in [2.45, 2.75) is 65.2 Å². The van der Waals surface area contributed by atoms with E-state index in [1.54, 1.807) is 49.6 Å². The van der Waals surface area contributed by atoms with Crippen LogP contribution in [0, 0.1) is 13.8 Å². The Morgan fingerprint density at radius 3 is 1.30 bits per heavy atom. The second-order valence-electron chi connectivity index (χ2n) is 13.6. The van der Waals surface area contributed by atoms with Gasteiger partial charge in [0, 0.05) is 37.5 Å². The predicted molar refractivity (Wildman–Crippen MR) is 208 cm³/mol. The Labute approximate surface area is 330 Å². The Balaban J connectivity index is 1.09. The maximum Gasteiger partial charge on any atom is 0.519 e. The van der Waals surface area contributed by atoms with Crippen molar-refractivity contribution in [1.82, 2.24) is 0 Å². The van der Waals surface area contributed by atoms with Crippen LogP contribution in [0.5, 0.6) is 51.7 Å². The number of aryl methyl sites for hydroxylation is 2. The lowest BCUT2D eigenvalue weighted by atomic mass is 9.65. The van der Waals surface area contributed by atoms with Gasteiger partial charge in [-0.1, -0.05) is 43.5 Å². The van der Waals surface area contributed by atoms with E-state index in [0.29, 0.717) is 28.6 Å². The molecule has 1 saturated carbocycles. The minimum absolute atomic E-state index is 0.0230. The van der Waals surface area contributed by atoms with Crippen LogP contribution in [-0.4, -0.2) is 31.4 Å². The molecular formula is C45H42O12. The summed E-state index contributed by atoms with van der Waals surface area (Å²) in [6.45, 7) is 6.17. The van der Waals surface area contributed by atoms with Gasteiger partial charge >= 0.3 is 24.2 Å². The number of rotatable bonds is 11. The topological polar surface area (TPSA) is 142 Å². The molecule has 12 nitrogen and oxygen atoms in total. The number of carbonyl (C=O) groups is 4. The van der Waals surface area contributed by atoms with Gasteiger partial charge in [0.25, 0.3) is 0 Å². The van der Waals surface area contributed by atoms with Crippen molar-refractivity contribution < 1.29 is 57.1 Å². The van der Waals surface area contributed by atoms with Gasteiger partial charge in [0.05, 0.1) is 7.11 Å². The summed E-state index contributed by atoms with van der Waals surface area (Å²) >= 11 is 0. The lowest BCUT2D eigenvalue weighted by Crippen LogP contribution is -2.30. The molecule has 0 atom stereocenters. The van der Waals surface area contributed by atoms with E-state index in [2.05, 4.69) is 0 Å². The first-order valence-electron chi connectivity index (χ1n) is 18.3. The molecule has 6 rings (SSSR count). The first-order valence-corrected chi connectivity index (χ1v) is 18.3. The number of hydrogen-bond donors (Lipinski definition) is 0. The first-order chi connectivity index (χ1) is 27.4. The van der Waals surface area contributed by atoms with Crippen molar-refractivity contribution in [3.05, 3.63) is 125 Å². The van der Waals surface area contributed by atoms with Gasteiger partial charge in [-0.05, 0) is 110 Å². The monoisotopic (exact) mass is 774 g/mol. The molecule has 294 valence electrons. The third-order valence-electron chi connectivity index (χ3n) is 9.44. The maximum atomic E-state index is 12.8. The molecule has 0 N–H and O–H groups in total. The van der Waals surface area contributed by atoms with Gasteiger partial charge in [-0.15, -0.1) is 0 Å². The van der Waals surface area contributed by atoms with Crippen LogP contribution >= 0.6 is 0 Å². The van der Waals surface area contributed by atoms with Crippen molar-refractivity contribution in [3.8, 4) is 51.7 Å². The van der Waals surface area contributed by atoms with E-state index in [-0.39, 0.29) is 28.4 Å². The van der Waals surface area contributed by atoms with Crippen LogP contribution in [0.2, 0.25) is 0 Å². The highest BCUT2D eigenvalue weighted by molar-refractivity contribution is 5.73. The van der Waals surface area contributed by atoms with Crippen LogP contribution in [-0.2, 0) is 15.0 Å². The van der Waals surface area contributed by atoms with Crippen LogP contribution in [0.4, 0.5) is 9.59 Å². The standard InChI is InChI=1S/C45H42O12/c1-28-23-36(17-19-41(28)50-5)53-37-18-20-42(29(2)24-37)57-44(49)55-35-15-11-33(12-16-35)45(21-7-6-8-22-45)32-9-13-34(14-10-32)54-43(48)56-40-26-38(51-30(3)46)25-39(27-40)52-31(4)47/h9-20,23-27H,6-8,21-22H2,1-5H3. The van der Waals surface area contributed by atoms with Gasteiger partial charge in [-0.25, -0.2) is 9.59 Å². The molecule has 0 radical (unpaired) electrons. The van der Waals surface area contributed by atoms with Crippen LogP contribution in [0.25, 0.3) is 0 Å². The summed E-state index contributed by atoms with van der Waals surface area (Å²) in [5.41, 5.74) is 3.43. The molecular weight excluding hydrogens is 732 g/mol. The smallest absolute Gasteiger partial charge is 0.496 e. The van der Waals surface area contributed by atoms with Crippen LogP contribution < -0.4 is 37.9 Å². The SMILES string of the molecule is COc1ccc(Oc2ccc(OC(=O)Oc3ccc(C4(c5ccc(OC(=O)Oc6cc(OC(C)=O)cc(OC(C)=O)c6)cc5)CCCCC4)cc3)c(C)c2)cc1C. The summed E-state index contributed by atoms with van der Waals surface area (Å²) < 4.78 is 43.3. The zero-order valence-corrected chi connectivity index (χ0v) is 32.2. The van der Waals surface area contributed by atoms with E-state index in [0.717, 1.165) is 54.5 Å². The summed E-state index contributed by atoms with van der Waals surface area (Å²) in [5.74, 6) is 1.73. The summed E-state index contributed by atoms with van der Waals surface area (Å²) in [6, 6.07) is 29.3. The average molecular weight is 775 g/mol. The second-order valence-corrected chi connectivity index (χ2v) is 13.6. The normalized spacial score (nSPS) is 13.1. The van der Waals surface area contributed by atoms with E-state index < -0.39 is 24.2 Å². The molecule has 0 saturated heterocycles. The molecule has 12 heteroatoms. The van der Waals surface area contributed by atoms with E-state index in [1.165, 1.54) is 32.0 Å². The average Bonchev–Trinajstić information content (AvgIpc) is 3.16. The van der Waals surface area contributed by atoms with Gasteiger partial charge in [-0.3, -0.25) is 9.59 Å². The number of carbonyl (C=O) groups excluding carboxylic acids is 4. The highest BCUT2D eigenvalue weighted by Crippen LogP contribution is 2.45. The number of hydrogen-bond acceptors (Lipinski definition) is 12. The Morgan fingerprint density at radius 2 is 0.860 bits per heavy atom. The summed E-state index contributed by atoms with van der Waals surface area (Å²) in [7, 11) is 1.62. The molecule has 1 aliphatic rings. The lowest BCUT2D eigenvalue weighted by molar-refractivity contribution is -0.132. The minimum Gasteiger partial charge on any atom is -0.496 e. The van der Waals surface area contributed by atoms with Gasteiger partial charge in [-0.2, -0.15) is 0 Å². The molecule has 0 unspecified atom stereocenters. The molecule has 0 bridgehead atoms. The Kier molecular flexibility index (Phi) is 12.4. The van der Waals surface area contributed by atoms with Crippen molar-refractivity contribution in [2.24, 2.45) is 0 Å². The lowest BCUT2D eigenvalue weighted by Gasteiger charge is -2.38. The van der Waals surface area contributed by atoms with Crippen molar-refractivity contribution >= 4 is 24.2 Å². The van der Waals surface area contributed by atoms with Crippen LogP contribution in [0.3, 0.4) is 0 Å². The molecule has 0 heterocycles. The van der Waals surface area contributed by atoms with Crippen LogP contribution in [0.1, 0.15) is 68.2 Å². The molecule has 5 aromatic rings. The number of ether oxygens (including phenoxy) is 8. The maximum absolute atomic E-state index is 12.8. The Morgan fingerprint density at radius 1 is 0.456 bits per heavy atom. The molecule has 1 fully saturated rings. The van der Waals surface area contributed by atoms with E-state index in [1.807, 2.05) is 56.3 Å². The second kappa shape index (κ2) is 17.8. The first kappa shape index (κ1) is 39.9. The van der Waals surface area contributed by atoms with E-state index in [4.69, 9.17) is 37.9 Å². The largest absolute Gasteiger partial charge is 0.519 e. The molecule has 0 aliphatic heterocycles. The molecule has 0 spiro atoms. The van der Waals surface area contributed by atoms with Crippen molar-refractivity contribution in [2.75, 3.05) is 7.11 Å². The summed E-state index contributed by atoms with van der Waals surface area (Å²) in [5, 5.41) is 0. The van der Waals surface area contributed by atoms with E-state index >= 15 is 0 Å². The van der Waals surface area contributed by atoms with Gasteiger partial charge in [0.1, 0.15) is 51.7 Å².